The number of hydrogen-bond acceptors (Lipinski definition) is 2. The van der Waals surface area contributed by atoms with Gasteiger partial charge in [-0.05, 0) is 51.3 Å². The smallest absolute Gasteiger partial charge is 0.0946 e. The Hall–Kier alpha value is -1.16. The zero-order valence-corrected chi connectivity index (χ0v) is 17.9. The van der Waals surface area contributed by atoms with Crippen LogP contribution in [0, 0.1) is 0 Å². The third-order valence-corrected chi connectivity index (χ3v) is 5.79. The average Bonchev–Trinajstić information content (AvgIpc) is 3.07. The predicted octanol–water partition coefficient (Wildman–Crippen LogP) is 7.36. The van der Waals surface area contributed by atoms with Gasteiger partial charge in [-0.1, -0.05) is 52.6 Å². The summed E-state index contributed by atoms with van der Waals surface area (Å²) in [7, 11) is 0. The summed E-state index contributed by atoms with van der Waals surface area (Å²) < 4.78 is 2.09. The van der Waals surface area contributed by atoms with Crippen LogP contribution in [-0.4, -0.2) is 15.3 Å². The van der Waals surface area contributed by atoms with Crippen LogP contribution in [0.25, 0.3) is 0 Å². The van der Waals surface area contributed by atoms with Gasteiger partial charge in [0.2, 0.25) is 0 Å². The van der Waals surface area contributed by atoms with Crippen molar-refractivity contribution < 1.29 is 0 Å². The molecule has 0 saturated heterocycles. The fourth-order valence-electron chi connectivity index (χ4n) is 2.59. The Morgan fingerprint density at radius 1 is 1.23 bits per heavy atom. The van der Waals surface area contributed by atoms with Crippen LogP contribution in [0.4, 0.5) is 0 Å². The van der Waals surface area contributed by atoms with Crippen molar-refractivity contribution in [3.05, 3.63) is 75.8 Å². The molecule has 1 aromatic carbocycles. The van der Waals surface area contributed by atoms with Crippen LogP contribution < -0.4 is 0 Å². The van der Waals surface area contributed by atoms with Crippen LogP contribution in [0.2, 0.25) is 10.0 Å². The van der Waals surface area contributed by atoms with Crippen LogP contribution >= 0.6 is 35.0 Å². The quantitative estimate of drug-likeness (QED) is 0.403. The van der Waals surface area contributed by atoms with E-state index in [1.807, 2.05) is 42.5 Å². The molecule has 0 saturated carbocycles. The normalized spacial score (nSPS) is 12.9. The molecule has 0 spiro atoms. The molecule has 0 aliphatic heterocycles. The first-order chi connectivity index (χ1) is 12.5. The highest BCUT2D eigenvalue weighted by Crippen LogP contribution is 2.36. The summed E-state index contributed by atoms with van der Waals surface area (Å²) in [5.74, 6) is 0.957. The molecule has 2 nitrogen and oxygen atoms in total. The van der Waals surface area contributed by atoms with E-state index in [-0.39, 0.29) is 5.25 Å². The summed E-state index contributed by atoms with van der Waals surface area (Å²) in [6.45, 7) is 7.33. The minimum Gasteiger partial charge on any atom is -0.336 e. The monoisotopic (exact) mass is 408 g/mol. The highest BCUT2D eigenvalue weighted by Gasteiger charge is 2.16. The van der Waals surface area contributed by atoms with Crippen LogP contribution in [0.1, 0.15) is 44.4 Å². The third kappa shape index (κ3) is 7.22. The lowest BCUT2D eigenvalue weighted by Gasteiger charge is -2.18. The van der Waals surface area contributed by atoms with E-state index >= 15 is 0 Å². The van der Waals surface area contributed by atoms with E-state index in [4.69, 9.17) is 23.2 Å². The molecule has 140 valence electrons. The second-order valence-electron chi connectivity index (χ2n) is 6.62. The second-order valence-corrected chi connectivity index (χ2v) is 8.70. The zero-order valence-electron chi connectivity index (χ0n) is 15.6. The van der Waals surface area contributed by atoms with E-state index in [1.54, 1.807) is 6.20 Å². The molecule has 26 heavy (non-hydrogen) atoms. The molecule has 1 atom stereocenters. The fraction of sp³-hybridized carbons (Fsp3) is 0.381. The standard InChI is InChI=1S/C21H26Cl2N2S/c1-16(2)5-4-6-17(3)9-12-26-21(14-25-11-10-24-15-25)19-8-7-18(22)13-20(19)23/h5,7-11,13,15,21H,4,6,12,14H2,1-3H3/b17-9+. The third-order valence-electron chi connectivity index (χ3n) is 4.07. The fourth-order valence-corrected chi connectivity index (χ4v) is 4.47. The summed E-state index contributed by atoms with van der Waals surface area (Å²) in [5.41, 5.74) is 3.92. The van der Waals surface area contributed by atoms with Gasteiger partial charge >= 0.3 is 0 Å². The molecule has 0 bridgehead atoms. The van der Waals surface area contributed by atoms with Crippen LogP contribution in [-0.2, 0) is 6.54 Å². The minimum absolute atomic E-state index is 0.246. The molecule has 1 aromatic heterocycles. The van der Waals surface area contributed by atoms with Gasteiger partial charge in [-0.3, -0.25) is 0 Å². The molecule has 0 radical (unpaired) electrons. The number of hydrogen-bond donors (Lipinski definition) is 0. The van der Waals surface area contributed by atoms with Crippen molar-refractivity contribution in [3.63, 3.8) is 0 Å². The van der Waals surface area contributed by atoms with Gasteiger partial charge in [-0.25, -0.2) is 4.98 Å². The van der Waals surface area contributed by atoms with Gasteiger partial charge in [0.1, 0.15) is 0 Å². The molecule has 0 amide bonds. The summed E-state index contributed by atoms with van der Waals surface area (Å²) in [5, 5.41) is 1.63. The van der Waals surface area contributed by atoms with Crippen LogP contribution in [0.5, 0.6) is 0 Å². The Bertz CT molecular complexity index is 747. The number of nitrogens with zero attached hydrogens (tertiary/aromatic N) is 2. The van der Waals surface area contributed by atoms with E-state index in [1.165, 1.54) is 11.1 Å². The van der Waals surface area contributed by atoms with Crippen molar-refractivity contribution in [2.24, 2.45) is 0 Å². The molecule has 0 aliphatic carbocycles. The van der Waals surface area contributed by atoms with Gasteiger partial charge in [-0.15, -0.1) is 11.8 Å². The number of rotatable bonds is 9. The predicted molar refractivity (Wildman–Crippen MR) is 116 cm³/mol. The molecule has 1 unspecified atom stereocenters. The Morgan fingerprint density at radius 2 is 2.04 bits per heavy atom. The van der Waals surface area contributed by atoms with Gasteiger partial charge in [-0.2, -0.15) is 0 Å². The van der Waals surface area contributed by atoms with E-state index in [0.29, 0.717) is 5.02 Å². The molecule has 0 fully saturated rings. The Balaban J connectivity index is 2.03. The highest BCUT2D eigenvalue weighted by atomic mass is 35.5. The maximum atomic E-state index is 6.46. The topological polar surface area (TPSA) is 17.8 Å². The molecule has 5 heteroatoms. The van der Waals surface area contributed by atoms with Crippen LogP contribution in [0.3, 0.4) is 0 Å². The molecule has 0 aliphatic rings. The first kappa shape index (κ1) is 21.1. The lowest BCUT2D eigenvalue weighted by molar-refractivity contribution is 0.684. The van der Waals surface area contributed by atoms with Crippen LogP contribution in [0.15, 0.2) is 60.2 Å². The maximum Gasteiger partial charge on any atom is 0.0946 e. The molecule has 2 aromatic rings. The first-order valence-corrected chi connectivity index (χ1v) is 10.6. The molecular weight excluding hydrogens is 383 g/mol. The number of imidazole rings is 1. The molecular formula is C21H26Cl2N2S. The maximum absolute atomic E-state index is 6.46. The summed E-state index contributed by atoms with van der Waals surface area (Å²) in [4.78, 5) is 4.14. The second kappa shape index (κ2) is 10.9. The Labute approximate surface area is 171 Å². The van der Waals surface area contributed by atoms with Gasteiger partial charge in [0, 0.05) is 40.0 Å². The number of benzene rings is 1. The summed E-state index contributed by atoms with van der Waals surface area (Å²) in [6, 6.07) is 5.76. The van der Waals surface area contributed by atoms with Gasteiger partial charge in [0.05, 0.1) is 6.33 Å². The lowest BCUT2D eigenvalue weighted by Crippen LogP contribution is -2.06. The summed E-state index contributed by atoms with van der Waals surface area (Å²) >= 11 is 14.4. The van der Waals surface area contributed by atoms with Crippen molar-refractivity contribution in [1.82, 2.24) is 9.55 Å². The van der Waals surface area contributed by atoms with E-state index in [9.17, 15) is 0 Å². The Morgan fingerprint density at radius 3 is 2.69 bits per heavy atom. The number of aromatic nitrogens is 2. The molecule has 0 N–H and O–H groups in total. The summed E-state index contributed by atoms with van der Waals surface area (Å²) in [6.07, 6.45) is 12.5. The highest BCUT2D eigenvalue weighted by molar-refractivity contribution is 7.99. The van der Waals surface area contributed by atoms with E-state index in [2.05, 4.69) is 42.5 Å². The number of thioether (sulfide) groups is 1. The van der Waals surface area contributed by atoms with Gasteiger partial charge in [0.15, 0.2) is 0 Å². The van der Waals surface area contributed by atoms with Gasteiger partial charge < -0.3 is 4.57 Å². The van der Waals surface area contributed by atoms with E-state index in [0.717, 1.165) is 35.7 Å². The van der Waals surface area contributed by atoms with E-state index < -0.39 is 0 Å². The van der Waals surface area contributed by atoms with Crippen molar-refractivity contribution in [2.75, 3.05) is 5.75 Å². The first-order valence-electron chi connectivity index (χ1n) is 8.77. The number of allylic oxidation sites excluding steroid dienone is 3. The molecule has 2 rings (SSSR count). The van der Waals surface area contributed by atoms with Crippen molar-refractivity contribution in [1.29, 1.82) is 0 Å². The minimum atomic E-state index is 0.246. The molecule has 1 heterocycles. The van der Waals surface area contributed by atoms with Gasteiger partial charge in [0.25, 0.3) is 0 Å². The number of halogens is 2. The Kier molecular flexibility index (Phi) is 8.83. The SMILES string of the molecule is CC(C)=CCC/C(C)=C/CSC(Cn1ccnc1)c1ccc(Cl)cc1Cl. The average molecular weight is 409 g/mol. The van der Waals surface area contributed by atoms with Crippen molar-refractivity contribution >= 4 is 35.0 Å². The zero-order chi connectivity index (χ0) is 18.9. The largest absolute Gasteiger partial charge is 0.336 e. The lowest BCUT2D eigenvalue weighted by atomic mass is 10.1. The van der Waals surface area contributed by atoms with Crippen molar-refractivity contribution in [2.45, 2.75) is 45.4 Å². The van der Waals surface area contributed by atoms with Crippen molar-refractivity contribution in [3.8, 4) is 0 Å².